The number of rotatable bonds is 8. The van der Waals surface area contributed by atoms with Gasteiger partial charge in [0.05, 0.1) is 44.1 Å². The summed E-state index contributed by atoms with van der Waals surface area (Å²) in [5.74, 6) is 0. The van der Waals surface area contributed by atoms with Crippen LogP contribution in [-0.4, -0.2) is 18.3 Å². The third kappa shape index (κ3) is 9.97. The van der Waals surface area contributed by atoms with Crippen molar-refractivity contribution >= 4 is 109 Å². The lowest BCUT2D eigenvalue weighted by molar-refractivity contribution is 0.661. The monoisotopic (exact) mass is 1450 g/mol. The average Bonchev–Trinajstić information content (AvgIpc) is 1.54. The first-order valence-electron chi connectivity index (χ1n) is 39.9. The van der Waals surface area contributed by atoms with Gasteiger partial charge in [-0.05, 0) is 238 Å². The molecule has 0 amide bonds. The van der Waals surface area contributed by atoms with Gasteiger partial charge in [-0.15, -0.1) is 0 Å². The van der Waals surface area contributed by atoms with Crippen LogP contribution in [0, 0.1) is 0 Å². The van der Waals surface area contributed by atoms with Gasteiger partial charge in [-0.3, -0.25) is 0 Å². The largest absolute Gasteiger partial charge is 0.309 e. The molecule has 0 radical (unpaired) electrons. The molecule has 0 N–H and O–H groups in total. The van der Waals surface area contributed by atoms with Gasteiger partial charge in [0, 0.05) is 76.7 Å². The van der Waals surface area contributed by atoms with Crippen LogP contribution in [0.15, 0.2) is 388 Å². The maximum atomic E-state index is 2.49. The molecule has 4 heteroatoms. The third-order valence-electron chi connectivity index (χ3n) is 25.4. The van der Waals surface area contributed by atoms with E-state index in [2.05, 4.69) is 434 Å². The molecule has 0 spiro atoms. The van der Waals surface area contributed by atoms with Crippen molar-refractivity contribution in [3.63, 3.8) is 0 Å². The lowest BCUT2D eigenvalue weighted by atomic mass is 9.82. The van der Waals surface area contributed by atoms with E-state index >= 15 is 0 Å². The molecule has 0 unspecified atom stereocenters. The van der Waals surface area contributed by atoms with Gasteiger partial charge in [0.2, 0.25) is 0 Å². The number of fused-ring (bicyclic) bond motifs is 21. The van der Waals surface area contributed by atoms with E-state index in [0.717, 1.165) is 11.4 Å². The van der Waals surface area contributed by atoms with Crippen LogP contribution < -0.4 is 0 Å². The number of hydrogen-bond donors (Lipinski definition) is 0. The summed E-state index contributed by atoms with van der Waals surface area (Å²) in [6.07, 6.45) is 0. The second-order valence-corrected chi connectivity index (χ2v) is 32.3. The molecule has 536 valence electrons. The zero-order valence-corrected chi connectivity index (χ0v) is 63.7. The van der Waals surface area contributed by atoms with Crippen molar-refractivity contribution in [1.82, 2.24) is 18.3 Å². The Hall–Kier alpha value is -14.3. The van der Waals surface area contributed by atoms with E-state index in [1.54, 1.807) is 0 Å². The molecule has 0 saturated carbocycles. The van der Waals surface area contributed by atoms with E-state index in [0.29, 0.717) is 0 Å². The molecule has 4 heterocycles. The molecule has 18 aromatic carbocycles. The van der Waals surface area contributed by atoms with E-state index in [9.17, 15) is 0 Å². The van der Waals surface area contributed by atoms with E-state index in [-0.39, 0.29) is 10.8 Å². The number of benzene rings is 18. The van der Waals surface area contributed by atoms with Crippen molar-refractivity contribution in [2.75, 3.05) is 0 Å². The highest BCUT2D eigenvalue weighted by molar-refractivity contribution is 6.20. The van der Waals surface area contributed by atoms with Crippen molar-refractivity contribution in [3.05, 3.63) is 411 Å². The minimum atomic E-state index is -0.0871. The van der Waals surface area contributed by atoms with Crippen LogP contribution in [0.5, 0.6) is 0 Å². The quantitative estimate of drug-likeness (QED) is 0.144. The van der Waals surface area contributed by atoms with Gasteiger partial charge in [-0.25, -0.2) is 0 Å². The Labute approximate surface area is 661 Å². The first kappa shape index (κ1) is 65.6. The normalized spacial score (nSPS) is 13.2. The smallest absolute Gasteiger partial charge is 0.0547 e. The van der Waals surface area contributed by atoms with Crippen molar-refractivity contribution < 1.29 is 0 Å². The molecule has 0 saturated heterocycles. The standard InChI is InChI=1S/2C55H38N2/c1-55(2)47-18-10-8-17-44(47)53-48(55)28-31-52-54(53)46-34-40(24-30-51(46)57(52)42-27-22-36-14-6-7-15-38(36)32-42)39-23-29-50-45(33-39)43-16-9-11-19-49(43)56(50)41-25-20-37(21-26-41)35-12-4-3-5-13-35;1-55(2)49-18-10-8-16-43(49)45-34-54-48(33-50(45)55)47-32-40(24-29-53(47)57(54)42-27-22-36-14-6-7-15-38(36)30-42)39-23-28-52-46(31-39)44-17-9-11-19-51(44)56(52)41-25-20-37(21-26-41)35-12-4-3-5-13-35/h2*3-34H,1-2H3. The van der Waals surface area contributed by atoms with Gasteiger partial charge in [-0.2, -0.15) is 0 Å². The molecular weight excluding hydrogens is 1380 g/mol. The Balaban J connectivity index is 0.000000135. The van der Waals surface area contributed by atoms with Gasteiger partial charge < -0.3 is 18.3 Å². The molecule has 2 aliphatic rings. The summed E-state index contributed by atoms with van der Waals surface area (Å²) in [6.45, 7) is 9.50. The molecule has 4 aromatic heterocycles. The van der Waals surface area contributed by atoms with Crippen LogP contribution in [0.3, 0.4) is 0 Å². The van der Waals surface area contributed by atoms with Crippen molar-refractivity contribution in [1.29, 1.82) is 0 Å². The zero-order chi connectivity index (χ0) is 75.7. The van der Waals surface area contributed by atoms with Gasteiger partial charge in [0.25, 0.3) is 0 Å². The van der Waals surface area contributed by atoms with Crippen LogP contribution in [0.2, 0.25) is 0 Å². The first-order valence-corrected chi connectivity index (χ1v) is 39.9. The molecule has 2 aliphatic carbocycles. The Morgan fingerprint density at radius 1 is 0.175 bits per heavy atom. The van der Waals surface area contributed by atoms with Crippen LogP contribution in [0.25, 0.3) is 198 Å². The van der Waals surface area contributed by atoms with Crippen LogP contribution in [0.1, 0.15) is 49.9 Å². The van der Waals surface area contributed by atoms with Gasteiger partial charge in [0.1, 0.15) is 0 Å². The minimum absolute atomic E-state index is 0.0871. The lowest BCUT2D eigenvalue weighted by Gasteiger charge is -2.21. The second kappa shape index (κ2) is 25.1. The first-order chi connectivity index (χ1) is 56.0. The zero-order valence-electron chi connectivity index (χ0n) is 63.7. The fraction of sp³-hybridized carbons (Fsp3) is 0.0545. The molecule has 114 heavy (non-hydrogen) atoms. The predicted molar refractivity (Wildman–Crippen MR) is 482 cm³/mol. The molecule has 24 rings (SSSR count). The van der Waals surface area contributed by atoms with E-state index in [1.807, 2.05) is 0 Å². The molecule has 4 nitrogen and oxygen atoms in total. The summed E-state index contributed by atoms with van der Waals surface area (Å²) < 4.78 is 9.78. The van der Waals surface area contributed by atoms with Crippen LogP contribution in [-0.2, 0) is 10.8 Å². The van der Waals surface area contributed by atoms with Gasteiger partial charge in [-0.1, -0.05) is 289 Å². The van der Waals surface area contributed by atoms with E-state index in [1.165, 1.54) is 209 Å². The Morgan fingerprint density at radius 2 is 0.518 bits per heavy atom. The highest BCUT2D eigenvalue weighted by Crippen LogP contribution is 2.55. The lowest BCUT2D eigenvalue weighted by Crippen LogP contribution is -2.14. The molecule has 22 aromatic rings. The average molecular weight is 1450 g/mol. The minimum Gasteiger partial charge on any atom is -0.309 e. The third-order valence-corrected chi connectivity index (χ3v) is 25.4. The fourth-order valence-corrected chi connectivity index (χ4v) is 19.8. The summed E-state index contributed by atoms with van der Waals surface area (Å²) in [4.78, 5) is 0. The van der Waals surface area contributed by atoms with Crippen molar-refractivity contribution in [2.45, 2.75) is 38.5 Å². The Kier molecular flexibility index (Phi) is 14.4. The van der Waals surface area contributed by atoms with Gasteiger partial charge in [0.15, 0.2) is 0 Å². The molecular formula is C110H76N4. The maximum Gasteiger partial charge on any atom is 0.0547 e. The Morgan fingerprint density at radius 3 is 1.04 bits per heavy atom. The molecule has 0 fully saturated rings. The topological polar surface area (TPSA) is 19.7 Å². The number of aromatic nitrogens is 4. The van der Waals surface area contributed by atoms with Crippen LogP contribution >= 0.6 is 0 Å². The number of nitrogens with zero attached hydrogens (tertiary/aromatic N) is 4. The molecule has 0 bridgehead atoms. The summed E-state index contributed by atoms with van der Waals surface area (Å²) in [5.41, 5.74) is 35.0. The summed E-state index contributed by atoms with van der Waals surface area (Å²) in [7, 11) is 0. The van der Waals surface area contributed by atoms with Crippen molar-refractivity contribution in [2.24, 2.45) is 0 Å². The van der Waals surface area contributed by atoms with E-state index < -0.39 is 0 Å². The molecule has 0 aliphatic heterocycles. The Bertz CT molecular complexity index is 7660. The summed E-state index contributed by atoms with van der Waals surface area (Å²) >= 11 is 0. The summed E-state index contributed by atoms with van der Waals surface area (Å²) in [6, 6.07) is 144. The number of hydrogen-bond acceptors (Lipinski definition) is 0. The fourth-order valence-electron chi connectivity index (χ4n) is 19.8. The predicted octanol–water partition coefficient (Wildman–Crippen LogP) is 29.3. The van der Waals surface area contributed by atoms with Gasteiger partial charge >= 0.3 is 0 Å². The highest BCUT2D eigenvalue weighted by Gasteiger charge is 2.39. The van der Waals surface area contributed by atoms with Crippen molar-refractivity contribution in [3.8, 4) is 89.5 Å². The van der Waals surface area contributed by atoms with Crippen LogP contribution in [0.4, 0.5) is 0 Å². The maximum absolute atomic E-state index is 2.49. The molecule has 0 atom stereocenters. The SMILES string of the molecule is CC1(C)c2ccccc2-c2c1ccc1c2c2cc(-c3ccc4c(c3)c3ccccc3n4-c3ccc(-c4ccccc4)cc3)ccc2n1-c1ccc2ccccc2c1.CC1(C)c2ccccc2-c2cc3c(cc21)c1cc(-c2ccc4c(c2)c2ccccc2n4-c2ccc(-c4ccccc4)cc2)ccc1n3-c1ccc2ccccc2c1. The number of para-hydroxylation sites is 2. The summed E-state index contributed by atoms with van der Waals surface area (Å²) in [5, 5.41) is 15.2. The second-order valence-electron chi connectivity index (χ2n) is 32.3. The van der Waals surface area contributed by atoms with E-state index in [4.69, 9.17) is 0 Å². The highest BCUT2D eigenvalue weighted by atomic mass is 15.0.